The summed E-state index contributed by atoms with van der Waals surface area (Å²) in [4.78, 5) is 12.1. The molecule has 0 aromatic heterocycles. The van der Waals surface area contributed by atoms with Crippen LogP contribution < -0.4 is 14.8 Å². The topological polar surface area (TPSA) is 71.3 Å². The maximum atomic E-state index is 12.1. The number of nitrogens with zero attached hydrogens (tertiary/aromatic N) is 1. The van der Waals surface area contributed by atoms with Crippen LogP contribution in [0.15, 0.2) is 48.5 Å². The third kappa shape index (κ3) is 4.75. The molecule has 0 radical (unpaired) electrons. The molecule has 2 aromatic carbocycles. The number of ether oxygens (including phenoxy) is 2. The van der Waals surface area contributed by atoms with Gasteiger partial charge >= 0.3 is 0 Å². The first-order chi connectivity index (χ1) is 11.6. The summed E-state index contributed by atoms with van der Waals surface area (Å²) >= 11 is 0. The summed E-state index contributed by atoms with van der Waals surface area (Å²) < 4.78 is 11.0. The molecule has 0 unspecified atom stereocenters. The lowest BCUT2D eigenvalue weighted by atomic mass is 10.1. The van der Waals surface area contributed by atoms with Crippen molar-refractivity contribution in [2.45, 2.75) is 19.9 Å². The van der Waals surface area contributed by atoms with Crippen molar-refractivity contribution in [1.29, 1.82) is 5.26 Å². The first-order valence-corrected chi connectivity index (χ1v) is 7.78. The first-order valence-electron chi connectivity index (χ1n) is 7.78. The van der Waals surface area contributed by atoms with Crippen LogP contribution in [0.2, 0.25) is 0 Å². The monoisotopic (exact) mass is 324 g/mol. The van der Waals surface area contributed by atoms with Gasteiger partial charge in [-0.1, -0.05) is 30.3 Å². The van der Waals surface area contributed by atoms with Gasteiger partial charge in [0.1, 0.15) is 0 Å². The van der Waals surface area contributed by atoms with Crippen molar-refractivity contribution in [3.05, 3.63) is 59.7 Å². The molecule has 2 rings (SSSR count). The van der Waals surface area contributed by atoms with Gasteiger partial charge in [0, 0.05) is 6.07 Å². The molecule has 5 heteroatoms. The van der Waals surface area contributed by atoms with Crippen LogP contribution in [0.5, 0.6) is 11.5 Å². The zero-order valence-electron chi connectivity index (χ0n) is 13.8. The van der Waals surface area contributed by atoms with Gasteiger partial charge < -0.3 is 14.8 Å². The van der Waals surface area contributed by atoms with E-state index in [4.69, 9.17) is 14.7 Å². The van der Waals surface area contributed by atoms with E-state index in [0.29, 0.717) is 23.7 Å². The minimum Gasteiger partial charge on any atom is -0.490 e. The Balaban J connectivity index is 1.95. The molecule has 0 bridgehead atoms. The van der Waals surface area contributed by atoms with E-state index in [1.165, 1.54) is 0 Å². The van der Waals surface area contributed by atoms with E-state index in [-0.39, 0.29) is 18.6 Å². The number of hydrogen-bond acceptors (Lipinski definition) is 4. The second-order valence-electron chi connectivity index (χ2n) is 5.19. The minimum atomic E-state index is -0.224. The van der Waals surface area contributed by atoms with Gasteiger partial charge in [0.15, 0.2) is 18.1 Å². The number of carbonyl (C=O) groups is 1. The Kier molecular flexibility index (Phi) is 6.21. The van der Waals surface area contributed by atoms with E-state index in [2.05, 4.69) is 5.32 Å². The highest BCUT2D eigenvalue weighted by molar-refractivity contribution is 5.78. The molecule has 0 spiro atoms. The summed E-state index contributed by atoms with van der Waals surface area (Å²) in [5.74, 6) is 0.678. The van der Waals surface area contributed by atoms with Crippen molar-refractivity contribution in [3.8, 4) is 17.6 Å². The summed E-state index contributed by atoms with van der Waals surface area (Å²) in [7, 11) is 0. The van der Waals surface area contributed by atoms with Crippen LogP contribution in [0.3, 0.4) is 0 Å². The van der Waals surface area contributed by atoms with E-state index < -0.39 is 0 Å². The van der Waals surface area contributed by atoms with Crippen LogP contribution in [-0.2, 0) is 4.79 Å². The number of benzene rings is 2. The zero-order valence-corrected chi connectivity index (χ0v) is 13.8. The highest BCUT2D eigenvalue weighted by Gasteiger charge is 2.12. The van der Waals surface area contributed by atoms with Crippen LogP contribution in [0.4, 0.5) is 0 Å². The number of hydrogen-bond donors (Lipinski definition) is 1. The zero-order chi connectivity index (χ0) is 17.4. The maximum absolute atomic E-state index is 12.1. The van der Waals surface area contributed by atoms with Gasteiger partial charge in [0.25, 0.3) is 5.91 Å². The Morgan fingerprint density at radius 2 is 1.92 bits per heavy atom. The Morgan fingerprint density at radius 1 is 1.17 bits per heavy atom. The van der Waals surface area contributed by atoms with E-state index in [0.717, 1.165) is 5.56 Å². The third-order valence-corrected chi connectivity index (χ3v) is 3.41. The van der Waals surface area contributed by atoms with Crippen molar-refractivity contribution in [3.63, 3.8) is 0 Å². The van der Waals surface area contributed by atoms with Gasteiger partial charge in [-0.05, 0) is 31.5 Å². The molecule has 1 atom stereocenters. The fourth-order valence-corrected chi connectivity index (χ4v) is 2.22. The Morgan fingerprint density at radius 3 is 2.58 bits per heavy atom. The second kappa shape index (κ2) is 8.59. The normalized spacial score (nSPS) is 11.2. The quantitative estimate of drug-likeness (QED) is 0.849. The SMILES string of the molecule is CCOc1cc(C#N)ccc1OCC(=O)N[C@H](C)c1ccccc1. The van der Waals surface area contributed by atoms with E-state index in [9.17, 15) is 4.79 Å². The lowest BCUT2D eigenvalue weighted by Gasteiger charge is -2.15. The standard InChI is InChI=1S/C19H20N2O3/c1-3-23-18-11-15(12-20)9-10-17(18)24-13-19(22)21-14(2)16-7-5-4-6-8-16/h4-11,14H,3,13H2,1-2H3,(H,21,22)/t14-/m1/s1. The van der Waals surface area contributed by atoms with Gasteiger partial charge in [-0.25, -0.2) is 0 Å². The van der Waals surface area contributed by atoms with Crippen molar-refractivity contribution >= 4 is 5.91 Å². The summed E-state index contributed by atoms with van der Waals surface area (Å²) in [6, 6.07) is 16.5. The smallest absolute Gasteiger partial charge is 0.258 e. The van der Waals surface area contributed by atoms with Crippen molar-refractivity contribution in [2.24, 2.45) is 0 Å². The molecule has 2 aromatic rings. The summed E-state index contributed by atoms with van der Waals surface area (Å²) in [6.45, 7) is 4.09. The maximum Gasteiger partial charge on any atom is 0.258 e. The van der Waals surface area contributed by atoms with Crippen LogP contribution in [0.1, 0.15) is 31.0 Å². The second-order valence-corrected chi connectivity index (χ2v) is 5.19. The average molecular weight is 324 g/mol. The van der Waals surface area contributed by atoms with Crippen molar-refractivity contribution in [2.75, 3.05) is 13.2 Å². The largest absolute Gasteiger partial charge is 0.490 e. The molecule has 0 aliphatic rings. The number of rotatable bonds is 7. The minimum absolute atomic E-state index is 0.102. The molecule has 5 nitrogen and oxygen atoms in total. The van der Waals surface area contributed by atoms with Gasteiger partial charge in [-0.3, -0.25) is 4.79 Å². The summed E-state index contributed by atoms with van der Waals surface area (Å²) in [5.41, 5.74) is 1.51. The van der Waals surface area contributed by atoms with E-state index in [1.54, 1.807) is 18.2 Å². The van der Waals surface area contributed by atoms with Gasteiger partial charge in [-0.2, -0.15) is 5.26 Å². The van der Waals surface area contributed by atoms with Crippen molar-refractivity contribution < 1.29 is 14.3 Å². The predicted molar refractivity (Wildman–Crippen MR) is 90.8 cm³/mol. The lowest BCUT2D eigenvalue weighted by molar-refractivity contribution is -0.123. The molecule has 0 aliphatic heterocycles. The molecule has 0 heterocycles. The summed E-state index contributed by atoms with van der Waals surface area (Å²) in [6.07, 6.45) is 0. The Hall–Kier alpha value is -3.00. The lowest BCUT2D eigenvalue weighted by Crippen LogP contribution is -2.31. The van der Waals surface area contributed by atoms with Crippen molar-refractivity contribution in [1.82, 2.24) is 5.32 Å². The molecule has 1 N–H and O–H groups in total. The molecule has 0 saturated heterocycles. The molecule has 0 aliphatic carbocycles. The average Bonchev–Trinajstić information content (AvgIpc) is 2.61. The number of nitriles is 1. The third-order valence-electron chi connectivity index (χ3n) is 3.41. The van der Waals surface area contributed by atoms with Gasteiger partial charge in [0.05, 0.1) is 24.3 Å². The molecule has 24 heavy (non-hydrogen) atoms. The Bertz CT molecular complexity index is 723. The molecule has 124 valence electrons. The Labute approximate surface area is 141 Å². The summed E-state index contributed by atoms with van der Waals surface area (Å²) in [5, 5.41) is 11.8. The molecular weight excluding hydrogens is 304 g/mol. The highest BCUT2D eigenvalue weighted by atomic mass is 16.5. The van der Waals surface area contributed by atoms with Gasteiger partial charge in [-0.15, -0.1) is 0 Å². The van der Waals surface area contributed by atoms with Crippen LogP contribution >= 0.6 is 0 Å². The molecule has 0 fully saturated rings. The fourth-order valence-electron chi connectivity index (χ4n) is 2.22. The van der Waals surface area contributed by atoms with Crippen LogP contribution in [0.25, 0.3) is 0 Å². The predicted octanol–water partition coefficient (Wildman–Crippen LogP) is 3.21. The van der Waals surface area contributed by atoms with Crippen LogP contribution in [0, 0.1) is 11.3 Å². The number of carbonyl (C=O) groups excluding carboxylic acids is 1. The molecular formula is C19H20N2O3. The van der Waals surface area contributed by atoms with Crippen LogP contribution in [-0.4, -0.2) is 19.1 Å². The fraction of sp³-hybridized carbons (Fsp3) is 0.263. The first kappa shape index (κ1) is 17.4. The highest BCUT2D eigenvalue weighted by Crippen LogP contribution is 2.28. The number of amides is 1. The van der Waals surface area contributed by atoms with Gasteiger partial charge in [0.2, 0.25) is 0 Å². The molecule has 0 saturated carbocycles. The van der Waals surface area contributed by atoms with E-state index in [1.807, 2.05) is 50.2 Å². The van der Waals surface area contributed by atoms with E-state index >= 15 is 0 Å². The molecule has 1 amide bonds. The number of nitrogens with one attached hydrogen (secondary N) is 1.